The molecule has 0 amide bonds. The summed E-state index contributed by atoms with van der Waals surface area (Å²) < 4.78 is 5.94. The second-order valence-electron chi connectivity index (χ2n) is 5.79. The van der Waals surface area contributed by atoms with Crippen molar-refractivity contribution in [2.75, 3.05) is 19.7 Å². The summed E-state index contributed by atoms with van der Waals surface area (Å²) in [5.74, 6) is 1.75. The molecule has 0 unspecified atom stereocenters. The number of ether oxygens (including phenoxy) is 1. The van der Waals surface area contributed by atoms with Crippen LogP contribution in [0.25, 0.3) is 0 Å². The number of likely N-dealkylation sites (tertiary alicyclic amines) is 1. The van der Waals surface area contributed by atoms with Gasteiger partial charge in [-0.1, -0.05) is 11.6 Å². The predicted molar refractivity (Wildman–Crippen MR) is 77.5 cm³/mol. The molecule has 0 aromatic heterocycles. The topological polar surface area (TPSA) is 38.5 Å². The highest BCUT2D eigenvalue weighted by Crippen LogP contribution is 2.31. The molecule has 0 bridgehead atoms. The minimum absolute atomic E-state index is 0.315. The van der Waals surface area contributed by atoms with Crippen LogP contribution in [0, 0.1) is 5.92 Å². The van der Waals surface area contributed by atoms with Gasteiger partial charge >= 0.3 is 0 Å². The molecule has 1 saturated heterocycles. The molecule has 1 aliphatic heterocycles. The molecule has 4 heteroatoms. The van der Waals surface area contributed by atoms with Gasteiger partial charge in [0.25, 0.3) is 0 Å². The summed E-state index contributed by atoms with van der Waals surface area (Å²) in [4.78, 5) is 2.38. The van der Waals surface area contributed by atoms with E-state index in [9.17, 15) is 0 Å². The van der Waals surface area contributed by atoms with Crippen LogP contribution < -0.4 is 10.5 Å². The number of nitrogens with two attached hydrogens (primary N) is 1. The van der Waals surface area contributed by atoms with Gasteiger partial charge in [-0.25, -0.2) is 0 Å². The second-order valence-corrected chi connectivity index (χ2v) is 6.23. The first-order valence-corrected chi connectivity index (χ1v) is 7.47. The van der Waals surface area contributed by atoms with Crippen LogP contribution in [-0.2, 0) is 6.54 Å². The Balaban J connectivity index is 1.67. The summed E-state index contributed by atoms with van der Waals surface area (Å²) in [7, 11) is 0. The molecule has 0 radical (unpaired) electrons. The van der Waals surface area contributed by atoms with Crippen molar-refractivity contribution in [2.45, 2.75) is 31.8 Å². The number of nitrogens with zero attached hydrogens (tertiary/aromatic N) is 1. The number of hydrogen-bond acceptors (Lipinski definition) is 3. The van der Waals surface area contributed by atoms with Crippen molar-refractivity contribution in [3.63, 3.8) is 0 Å². The summed E-state index contributed by atoms with van der Waals surface area (Å²) in [5, 5.41) is 0.775. The third-order valence-corrected chi connectivity index (χ3v) is 4.13. The lowest BCUT2D eigenvalue weighted by Gasteiger charge is -2.18. The summed E-state index contributed by atoms with van der Waals surface area (Å²) in [6.07, 6.45) is 3.70. The molecule has 3 nitrogen and oxygen atoms in total. The Hall–Kier alpha value is -0.770. The largest absolute Gasteiger partial charge is 0.493 e. The zero-order valence-corrected chi connectivity index (χ0v) is 11.9. The molecular formula is C15H21ClN2O. The number of rotatable bonds is 5. The lowest BCUT2D eigenvalue weighted by Crippen LogP contribution is -2.26. The van der Waals surface area contributed by atoms with Gasteiger partial charge in [0, 0.05) is 36.3 Å². The lowest BCUT2D eigenvalue weighted by molar-refractivity contribution is 0.281. The first-order valence-electron chi connectivity index (χ1n) is 7.10. The standard InChI is InChI=1S/C15H21ClN2O/c16-13-3-4-15(19-10-11-1-2-11)12(7-13)8-18-6-5-14(17)9-18/h3-4,7,11,14H,1-2,5-6,8-10,17H2/t14-/m1/s1. The van der Waals surface area contributed by atoms with Crippen molar-refractivity contribution in [3.05, 3.63) is 28.8 Å². The Bertz CT molecular complexity index is 448. The quantitative estimate of drug-likeness (QED) is 0.901. The van der Waals surface area contributed by atoms with Gasteiger partial charge in [0.15, 0.2) is 0 Å². The monoisotopic (exact) mass is 280 g/mol. The highest BCUT2D eigenvalue weighted by Gasteiger charge is 2.23. The van der Waals surface area contributed by atoms with Crippen molar-refractivity contribution >= 4 is 11.6 Å². The minimum Gasteiger partial charge on any atom is -0.493 e. The first kappa shape index (κ1) is 13.2. The van der Waals surface area contributed by atoms with E-state index in [0.717, 1.165) is 49.4 Å². The average molecular weight is 281 g/mol. The third kappa shape index (κ3) is 3.62. The van der Waals surface area contributed by atoms with E-state index in [1.807, 2.05) is 18.2 Å². The molecule has 104 valence electrons. The predicted octanol–water partition coefficient (Wildman–Crippen LogP) is 2.66. The van der Waals surface area contributed by atoms with Crippen LogP contribution >= 0.6 is 11.6 Å². The van der Waals surface area contributed by atoms with E-state index in [1.165, 1.54) is 18.4 Å². The van der Waals surface area contributed by atoms with Gasteiger partial charge in [-0.15, -0.1) is 0 Å². The van der Waals surface area contributed by atoms with Crippen LogP contribution in [0.15, 0.2) is 18.2 Å². The molecule has 3 rings (SSSR count). The fourth-order valence-electron chi connectivity index (χ4n) is 2.55. The maximum absolute atomic E-state index is 6.11. The Morgan fingerprint density at radius 1 is 1.32 bits per heavy atom. The highest BCUT2D eigenvalue weighted by atomic mass is 35.5. The van der Waals surface area contributed by atoms with Crippen LogP contribution in [0.5, 0.6) is 5.75 Å². The van der Waals surface area contributed by atoms with Gasteiger partial charge in [-0.3, -0.25) is 4.90 Å². The summed E-state index contributed by atoms with van der Waals surface area (Å²) in [5.41, 5.74) is 7.14. The summed E-state index contributed by atoms with van der Waals surface area (Å²) >= 11 is 6.11. The minimum atomic E-state index is 0.315. The van der Waals surface area contributed by atoms with Crippen molar-refractivity contribution < 1.29 is 4.74 Å². The molecule has 1 atom stereocenters. The third-order valence-electron chi connectivity index (χ3n) is 3.90. The van der Waals surface area contributed by atoms with E-state index >= 15 is 0 Å². The van der Waals surface area contributed by atoms with E-state index in [4.69, 9.17) is 22.1 Å². The Labute approximate surface area is 119 Å². The molecule has 1 heterocycles. The molecule has 2 aliphatic rings. The smallest absolute Gasteiger partial charge is 0.123 e. The Morgan fingerprint density at radius 2 is 2.16 bits per heavy atom. The van der Waals surface area contributed by atoms with Crippen molar-refractivity contribution in [1.29, 1.82) is 0 Å². The summed E-state index contributed by atoms with van der Waals surface area (Å²) in [6.45, 7) is 3.76. The molecular weight excluding hydrogens is 260 g/mol. The van der Waals surface area contributed by atoms with Crippen molar-refractivity contribution in [2.24, 2.45) is 11.7 Å². The number of halogens is 1. The van der Waals surface area contributed by atoms with Crippen LogP contribution in [-0.4, -0.2) is 30.6 Å². The van der Waals surface area contributed by atoms with Crippen LogP contribution in [0.4, 0.5) is 0 Å². The Kier molecular flexibility index (Phi) is 3.96. The zero-order valence-electron chi connectivity index (χ0n) is 11.1. The molecule has 1 saturated carbocycles. The van der Waals surface area contributed by atoms with Gasteiger partial charge in [0.05, 0.1) is 6.61 Å². The molecule has 19 heavy (non-hydrogen) atoms. The fourth-order valence-corrected chi connectivity index (χ4v) is 2.75. The summed E-state index contributed by atoms with van der Waals surface area (Å²) in [6, 6.07) is 6.24. The maximum atomic E-state index is 6.11. The van der Waals surface area contributed by atoms with E-state index in [2.05, 4.69) is 4.90 Å². The van der Waals surface area contributed by atoms with E-state index in [0.29, 0.717) is 6.04 Å². The number of benzene rings is 1. The fraction of sp³-hybridized carbons (Fsp3) is 0.600. The maximum Gasteiger partial charge on any atom is 0.123 e. The first-order chi connectivity index (χ1) is 9.20. The van der Waals surface area contributed by atoms with E-state index in [-0.39, 0.29) is 0 Å². The molecule has 1 aromatic rings. The number of hydrogen-bond donors (Lipinski definition) is 1. The molecule has 1 aromatic carbocycles. The van der Waals surface area contributed by atoms with E-state index in [1.54, 1.807) is 0 Å². The SMILES string of the molecule is N[C@@H]1CCN(Cc2cc(Cl)ccc2OCC2CC2)C1. The zero-order chi connectivity index (χ0) is 13.2. The Morgan fingerprint density at radius 3 is 2.84 bits per heavy atom. The molecule has 0 spiro atoms. The average Bonchev–Trinajstić information content (AvgIpc) is 3.12. The van der Waals surface area contributed by atoms with Gasteiger partial charge in [-0.2, -0.15) is 0 Å². The van der Waals surface area contributed by atoms with Gasteiger partial charge in [-0.05, 0) is 43.4 Å². The molecule has 2 N–H and O–H groups in total. The molecule has 2 fully saturated rings. The normalized spacial score (nSPS) is 23.8. The lowest BCUT2D eigenvalue weighted by atomic mass is 10.2. The van der Waals surface area contributed by atoms with Crippen LogP contribution in [0.2, 0.25) is 5.02 Å². The van der Waals surface area contributed by atoms with Crippen LogP contribution in [0.3, 0.4) is 0 Å². The van der Waals surface area contributed by atoms with Gasteiger partial charge < -0.3 is 10.5 Å². The van der Waals surface area contributed by atoms with Gasteiger partial charge in [0.1, 0.15) is 5.75 Å². The second kappa shape index (κ2) is 5.70. The molecule has 1 aliphatic carbocycles. The highest BCUT2D eigenvalue weighted by molar-refractivity contribution is 6.30. The van der Waals surface area contributed by atoms with E-state index < -0.39 is 0 Å². The van der Waals surface area contributed by atoms with Crippen molar-refractivity contribution in [3.8, 4) is 5.75 Å². The van der Waals surface area contributed by atoms with Crippen LogP contribution in [0.1, 0.15) is 24.8 Å². The van der Waals surface area contributed by atoms with Gasteiger partial charge in [0.2, 0.25) is 0 Å². The van der Waals surface area contributed by atoms with Crippen molar-refractivity contribution in [1.82, 2.24) is 4.90 Å².